The predicted octanol–water partition coefficient (Wildman–Crippen LogP) is 0.942. The van der Waals surface area contributed by atoms with Crippen molar-refractivity contribution >= 4 is 5.97 Å². The summed E-state index contributed by atoms with van der Waals surface area (Å²) >= 11 is 0. The van der Waals surface area contributed by atoms with E-state index in [1.807, 2.05) is 0 Å². The van der Waals surface area contributed by atoms with Crippen LogP contribution in [0.4, 0.5) is 0 Å². The molecule has 0 saturated heterocycles. The van der Waals surface area contributed by atoms with E-state index in [1.165, 1.54) is 6.92 Å². The van der Waals surface area contributed by atoms with Gasteiger partial charge in [0.2, 0.25) is 5.79 Å². The van der Waals surface area contributed by atoms with Gasteiger partial charge >= 0.3 is 5.97 Å². The average Bonchev–Trinajstić information content (AvgIpc) is 2.01. The van der Waals surface area contributed by atoms with Crippen molar-refractivity contribution in [3.05, 3.63) is 12.2 Å². The van der Waals surface area contributed by atoms with Gasteiger partial charge in [0.1, 0.15) is 0 Å². The summed E-state index contributed by atoms with van der Waals surface area (Å²) < 4.78 is 4.91. The molecule has 14 heavy (non-hydrogen) atoms. The lowest BCUT2D eigenvalue weighted by atomic mass is 9.92. The summed E-state index contributed by atoms with van der Waals surface area (Å²) in [5, 5.41) is 9.97. The maximum absolute atomic E-state index is 11.2. The number of hydrogen-bond donors (Lipinski definition) is 2. The fourth-order valence-electron chi connectivity index (χ4n) is 0.900. The van der Waals surface area contributed by atoms with Crippen molar-refractivity contribution in [1.82, 2.24) is 0 Å². The summed E-state index contributed by atoms with van der Waals surface area (Å²) in [6.45, 7) is 9.84. The monoisotopic (exact) mass is 201 g/mol. The van der Waals surface area contributed by atoms with Gasteiger partial charge in [-0.3, -0.25) is 0 Å². The third-order valence-corrected chi connectivity index (χ3v) is 2.10. The van der Waals surface area contributed by atoms with E-state index >= 15 is 0 Å². The maximum Gasteiger partial charge on any atom is 0.335 e. The van der Waals surface area contributed by atoms with Crippen LogP contribution in [0.3, 0.4) is 0 Å². The minimum atomic E-state index is -1.65. The van der Waals surface area contributed by atoms with Crippen LogP contribution in [0.5, 0.6) is 0 Å². The molecule has 0 aliphatic rings. The van der Waals surface area contributed by atoms with Crippen molar-refractivity contribution in [2.75, 3.05) is 0 Å². The predicted molar refractivity (Wildman–Crippen MR) is 54.4 cm³/mol. The van der Waals surface area contributed by atoms with Crippen LogP contribution in [0.2, 0.25) is 0 Å². The third-order valence-electron chi connectivity index (χ3n) is 2.10. The highest BCUT2D eigenvalue weighted by atomic mass is 16.7. The van der Waals surface area contributed by atoms with E-state index in [4.69, 9.17) is 10.5 Å². The Morgan fingerprint density at radius 1 is 1.57 bits per heavy atom. The lowest BCUT2D eigenvalue weighted by Crippen LogP contribution is -2.58. The summed E-state index contributed by atoms with van der Waals surface area (Å²) in [5.41, 5.74) is 4.95. The Bertz CT molecular complexity index is 242. The van der Waals surface area contributed by atoms with Crippen LogP contribution in [-0.4, -0.2) is 22.4 Å². The molecule has 0 aliphatic carbocycles. The SMILES string of the molecule is C=C(C)C(=O)OC(O)(CC)C(C)(C)N. The summed E-state index contributed by atoms with van der Waals surface area (Å²) in [6, 6.07) is 0. The number of carbonyl (C=O) groups excluding carboxylic acids is 1. The van der Waals surface area contributed by atoms with E-state index < -0.39 is 17.3 Å². The molecule has 1 atom stereocenters. The number of aliphatic hydroxyl groups is 1. The van der Waals surface area contributed by atoms with Gasteiger partial charge in [-0.25, -0.2) is 4.79 Å². The Morgan fingerprint density at radius 2 is 2.00 bits per heavy atom. The first kappa shape index (κ1) is 13.1. The molecule has 0 fully saturated rings. The molecule has 0 saturated carbocycles. The quantitative estimate of drug-likeness (QED) is 0.403. The molecule has 0 amide bonds. The number of carbonyl (C=O) groups is 1. The second-order valence-electron chi connectivity index (χ2n) is 4.03. The lowest BCUT2D eigenvalue weighted by Gasteiger charge is -2.38. The van der Waals surface area contributed by atoms with Gasteiger partial charge in [-0.1, -0.05) is 13.5 Å². The van der Waals surface area contributed by atoms with E-state index in [2.05, 4.69) is 6.58 Å². The van der Waals surface area contributed by atoms with Gasteiger partial charge in [-0.2, -0.15) is 0 Å². The summed E-state index contributed by atoms with van der Waals surface area (Å²) in [7, 11) is 0. The molecule has 0 aromatic carbocycles. The minimum Gasteiger partial charge on any atom is -0.428 e. The van der Waals surface area contributed by atoms with Crippen molar-refractivity contribution in [3.63, 3.8) is 0 Å². The van der Waals surface area contributed by atoms with Gasteiger partial charge in [0.05, 0.1) is 5.54 Å². The maximum atomic E-state index is 11.2. The Kier molecular flexibility index (Phi) is 3.85. The van der Waals surface area contributed by atoms with Crippen LogP contribution in [0.1, 0.15) is 34.1 Å². The highest BCUT2D eigenvalue weighted by molar-refractivity contribution is 5.87. The topological polar surface area (TPSA) is 72.5 Å². The molecular weight excluding hydrogens is 182 g/mol. The standard InChI is InChI=1S/C10H19NO3/c1-6-10(13,9(4,5)11)14-8(12)7(2)3/h13H,2,6,11H2,1,3-5H3. The van der Waals surface area contributed by atoms with Crippen molar-refractivity contribution < 1.29 is 14.6 Å². The fourth-order valence-corrected chi connectivity index (χ4v) is 0.900. The molecule has 1 unspecified atom stereocenters. The molecule has 0 bridgehead atoms. The Hall–Kier alpha value is -0.870. The van der Waals surface area contributed by atoms with Crippen LogP contribution in [-0.2, 0) is 9.53 Å². The second-order valence-corrected chi connectivity index (χ2v) is 4.03. The minimum absolute atomic E-state index is 0.232. The molecule has 3 N–H and O–H groups in total. The average molecular weight is 201 g/mol. The largest absolute Gasteiger partial charge is 0.428 e. The Labute approximate surface area is 84.7 Å². The van der Waals surface area contributed by atoms with Gasteiger partial charge in [0.15, 0.2) is 0 Å². The van der Waals surface area contributed by atoms with E-state index in [9.17, 15) is 9.90 Å². The lowest BCUT2D eigenvalue weighted by molar-refractivity contribution is -0.230. The first-order valence-corrected chi connectivity index (χ1v) is 4.54. The van der Waals surface area contributed by atoms with Crippen molar-refractivity contribution in [2.45, 2.75) is 45.4 Å². The van der Waals surface area contributed by atoms with Gasteiger partial charge < -0.3 is 15.6 Å². The molecule has 82 valence electrons. The number of nitrogens with two attached hydrogens (primary N) is 1. The summed E-state index contributed by atoms with van der Waals surface area (Å²) in [5.74, 6) is -2.28. The van der Waals surface area contributed by atoms with Gasteiger partial charge in [0.25, 0.3) is 0 Å². The van der Waals surface area contributed by atoms with Crippen LogP contribution in [0.25, 0.3) is 0 Å². The van der Waals surface area contributed by atoms with Crippen LogP contribution in [0.15, 0.2) is 12.2 Å². The van der Waals surface area contributed by atoms with Crippen molar-refractivity contribution in [3.8, 4) is 0 Å². The van der Waals surface area contributed by atoms with Gasteiger partial charge in [-0.15, -0.1) is 0 Å². The van der Waals surface area contributed by atoms with Gasteiger partial charge in [-0.05, 0) is 20.8 Å². The molecule has 0 spiro atoms. The molecule has 0 heterocycles. The third kappa shape index (κ3) is 2.82. The van der Waals surface area contributed by atoms with Crippen LogP contribution in [0, 0.1) is 0 Å². The normalized spacial score (nSPS) is 15.9. The smallest absolute Gasteiger partial charge is 0.335 e. The van der Waals surface area contributed by atoms with Crippen LogP contribution < -0.4 is 5.73 Å². The molecule has 4 heteroatoms. The zero-order valence-corrected chi connectivity index (χ0v) is 9.26. The first-order chi connectivity index (χ1) is 6.14. The zero-order chi connectivity index (χ0) is 11.6. The second kappa shape index (κ2) is 4.11. The summed E-state index contributed by atoms with van der Waals surface area (Å²) in [6.07, 6.45) is 0.232. The van der Waals surface area contributed by atoms with Gasteiger partial charge in [0, 0.05) is 12.0 Å². The van der Waals surface area contributed by atoms with E-state index in [1.54, 1.807) is 20.8 Å². The van der Waals surface area contributed by atoms with E-state index in [-0.39, 0.29) is 12.0 Å². The number of hydrogen-bond acceptors (Lipinski definition) is 4. The molecule has 0 radical (unpaired) electrons. The van der Waals surface area contributed by atoms with E-state index in [0.717, 1.165) is 0 Å². The van der Waals surface area contributed by atoms with Crippen molar-refractivity contribution in [1.29, 1.82) is 0 Å². The zero-order valence-electron chi connectivity index (χ0n) is 9.26. The first-order valence-electron chi connectivity index (χ1n) is 4.54. The molecule has 0 rings (SSSR count). The van der Waals surface area contributed by atoms with Crippen LogP contribution >= 0.6 is 0 Å². The number of rotatable bonds is 4. The number of ether oxygens (including phenoxy) is 1. The Balaban J connectivity index is 4.74. The fraction of sp³-hybridized carbons (Fsp3) is 0.700. The molecule has 0 aromatic heterocycles. The highest BCUT2D eigenvalue weighted by Gasteiger charge is 2.43. The van der Waals surface area contributed by atoms with Crippen molar-refractivity contribution in [2.24, 2.45) is 5.73 Å². The highest BCUT2D eigenvalue weighted by Crippen LogP contribution is 2.25. The Morgan fingerprint density at radius 3 is 2.21 bits per heavy atom. The molecule has 0 aromatic rings. The van der Waals surface area contributed by atoms with E-state index in [0.29, 0.717) is 0 Å². The molecular formula is C10H19NO3. The molecule has 0 aliphatic heterocycles. The summed E-state index contributed by atoms with van der Waals surface area (Å²) in [4.78, 5) is 11.2. The molecule has 4 nitrogen and oxygen atoms in total. The number of esters is 1.